The lowest BCUT2D eigenvalue weighted by atomic mass is 10.3. The quantitative estimate of drug-likeness (QED) is 0.947. The first kappa shape index (κ1) is 12.3. The van der Waals surface area contributed by atoms with Crippen molar-refractivity contribution in [2.24, 2.45) is 7.05 Å². The van der Waals surface area contributed by atoms with Crippen LogP contribution >= 0.6 is 27.3 Å². The van der Waals surface area contributed by atoms with Gasteiger partial charge in [-0.3, -0.25) is 4.79 Å². The van der Waals surface area contributed by atoms with Crippen LogP contribution in [0.15, 0.2) is 26.9 Å². The molecular formula is C11H12BrN3OS. The third kappa shape index (κ3) is 2.58. The van der Waals surface area contributed by atoms with E-state index in [1.807, 2.05) is 0 Å². The van der Waals surface area contributed by atoms with Gasteiger partial charge in [-0.1, -0.05) is 0 Å². The zero-order valence-electron chi connectivity index (χ0n) is 9.53. The van der Waals surface area contributed by atoms with Crippen LogP contribution in [-0.2, 0) is 13.6 Å². The summed E-state index contributed by atoms with van der Waals surface area (Å²) in [6, 6.07) is 2.08. The van der Waals surface area contributed by atoms with Crippen molar-refractivity contribution < 1.29 is 0 Å². The van der Waals surface area contributed by atoms with Crippen LogP contribution in [0.25, 0.3) is 0 Å². The molecule has 0 amide bonds. The molecular weight excluding hydrogens is 302 g/mol. The normalized spacial score (nSPS) is 10.5. The second-order valence-corrected chi connectivity index (χ2v) is 5.47. The summed E-state index contributed by atoms with van der Waals surface area (Å²) in [5, 5.41) is 9.25. The molecule has 0 aliphatic heterocycles. The number of rotatable bonds is 3. The Morgan fingerprint density at radius 2 is 2.35 bits per heavy atom. The molecule has 2 rings (SSSR count). The van der Waals surface area contributed by atoms with Crippen LogP contribution in [0.5, 0.6) is 0 Å². The number of halogens is 1. The Bertz CT molecular complexity index is 591. The molecule has 17 heavy (non-hydrogen) atoms. The molecule has 0 aliphatic carbocycles. The monoisotopic (exact) mass is 313 g/mol. The maximum Gasteiger partial charge on any atom is 0.282 e. The minimum Gasteiger partial charge on any atom is -0.378 e. The summed E-state index contributed by atoms with van der Waals surface area (Å²) in [4.78, 5) is 12.9. The standard InChI is InChI=1S/C11H12BrN3OS/c1-7-3-4-17-9(7)6-13-8-5-14-15(2)11(16)10(8)12/h3-5,13H,6H2,1-2H3. The SMILES string of the molecule is Cc1ccsc1CNc1cnn(C)c(=O)c1Br. The van der Waals surface area contributed by atoms with Crippen molar-refractivity contribution in [2.75, 3.05) is 5.32 Å². The number of hydrogen-bond acceptors (Lipinski definition) is 4. The number of anilines is 1. The maximum absolute atomic E-state index is 11.6. The number of nitrogens with zero attached hydrogens (tertiary/aromatic N) is 2. The topological polar surface area (TPSA) is 46.9 Å². The molecule has 90 valence electrons. The van der Waals surface area contributed by atoms with Crippen LogP contribution in [0.3, 0.4) is 0 Å². The third-order valence-electron chi connectivity index (χ3n) is 2.49. The highest BCUT2D eigenvalue weighted by Gasteiger charge is 2.07. The Morgan fingerprint density at radius 3 is 3.00 bits per heavy atom. The van der Waals surface area contributed by atoms with E-state index in [2.05, 4.69) is 44.7 Å². The second-order valence-electron chi connectivity index (χ2n) is 3.68. The Balaban J connectivity index is 2.18. The van der Waals surface area contributed by atoms with Gasteiger partial charge in [0.1, 0.15) is 4.47 Å². The summed E-state index contributed by atoms with van der Waals surface area (Å²) in [5.41, 5.74) is 1.84. The zero-order valence-corrected chi connectivity index (χ0v) is 11.9. The van der Waals surface area contributed by atoms with Crippen molar-refractivity contribution in [3.63, 3.8) is 0 Å². The summed E-state index contributed by atoms with van der Waals surface area (Å²) >= 11 is 4.98. The van der Waals surface area contributed by atoms with Crippen LogP contribution in [0.4, 0.5) is 5.69 Å². The van der Waals surface area contributed by atoms with E-state index in [4.69, 9.17) is 0 Å². The molecule has 0 spiro atoms. The maximum atomic E-state index is 11.6. The summed E-state index contributed by atoms with van der Waals surface area (Å²) < 4.78 is 1.82. The van der Waals surface area contributed by atoms with E-state index in [9.17, 15) is 4.79 Å². The molecule has 0 atom stereocenters. The molecule has 2 aromatic rings. The van der Waals surface area contributed by atoms with E-state index >= 15 is 0 Å². The summed E-state index contributed by atoms with van der Waals surface area (Å²) in [6.45, 7) is 2.78. The highest BCUT2D eigenvalue weighted by molar-refractivity contribution is 9.10. The van der Waals surface area contributed by atoms with Gasteiger partial charge in [0.25, 0.3) is 5.56 Å². The van der Waals surface area contributed by atoms with Gasteiger partial charge in [0.15, 0.2) is 0 Å². The van der Waals surface area contributed by atoms with Gasteiger partial charge in [-0.2, -0.15) is 5.10 Å². The molecule has 0 aromatic carbocycles. The molecule has 0 saturated carbocycles. The van der Waals surface area contributed by atoms with Crippen molar-refractivity contribution in [2.45, 2.75) is 13.5 Å². The van der Waals surface area contributed by atoms with Gasteiger partial charge in [-0.05, 0) is 39.9 Å². The first-order chi connectivity index (χ1) is 8.09. The Labute approximate surface area is 111 Å². The Morgan fingerprint density at radius 1 is 1.59 bits per heavy atom. The molecule has 0 fully saturated rings. The average Bonchev–Trinajstić information content (AvgIpc) is 2.71. The Hall–Kier alpha value is -1.14. The largest absolute Gasteiger partial charge is 0.378 e. The number of hydrogen-bond donors (Lipinski definition) is 1. The molecule has 4 nitrogen and oxygen atoms in total. The van der Waals surface area contributed by atoms with E-state index in [0.29, 0.717) is 11.0 Å². The van der Waals surface area contributed by atoms with Crippen molar-refractivity contribution >= 4 is 33.0 Å². The summed E-state index contributed by atoms with van der Waals surface area (Å²) in [6.07, 6.45) is 1.65. The average molecular weight is 314 g/mol. The Kier molecular flexibility index (Phi) is 3.63. The van der Waals surface area contributed by atoms with E-state index in [-0.39, 0.29) is 5.56 Å². The summed E-state index contributed by atoms with van der Waals surface area (Å²) in [5.74, 6) is 0. The van der Waals surface area contributed by atoms with Gasteiger partial charge in [0.2, 0.25) is 0 Å². The van der Waals surface area contributed by atoms with Crippen LogP contribution in [0.1, 0.15) is 10.4 Å². The van der Waals surface area contributed by atoms with E-state index in [0.717, 1.165) is 5.69 Å². The van der Waals surface area contributed by atoms with Gasteiger partial charge >= 0.3 is 0 Å². The lowest BCUT2D eigenvalue weighted by molar-refractivity contribution is 0.703. The molecule has 2 heterocycles. The molecule has 1 N–H and O–H groups in total. The van der Waals surface area contributed by atoms with E-state index in [1.165, 1.54) is 15.1 Å². The predicted octanol–water partition coefficient (Wildman–Crippen LogP) is 2.52. The first-order valence-electron chi connectivity index (χ1n) is 5.08. The minimum absolute atomic E-state index is 0.141. The lowest BCUT2D eigenvalue weighted by Crippen LogP contribution is -2.21. The second kappa shape index (κ2) is 5.01. The van der Waals surface area contributed by atoms with Crippen molar-refractivity contribution in [3.8, 4) is 0 Å². The van der Waals surface area contributed by atoms with Crippen molar-refractivity contribution in [3.05, 3.63) is 42.9 Å². The smallest absolute Gasteiger partial charge is 0.282 e. The minimum atomic E-state index is -0.141. The zero-order chi connectivity index (χ0) is 12.4. The molecule has 2 aromatic heterocycles. The fourth-order valence-corrected chi connectivity index (χ4v) is 2.74. The fourth-order valence-electron chi connectivity index (χ4n) is 1.39. The third-order valence-corrected chi connectivity index (χ3v) is 4.28. The van der Waals surface area contributed by atoms with Crippen molar-refractivity contribution in [1.29, 1.82) is 0 Å². The van der Waals surface area contributed by atoms with Crippen LogP contribution in [0, 0.1) is 6.92 Å². The number of nitrogens with one attached hydrogen (secondary N) is 1. The first-order valence-corrected chi connectivity index (χ1v) is 6.75. The van der Waals surface area contributed by atoms with Gasteiger partial charge in [0.05, 0.1) is 11.9 Å². The highest BCUT2D eigenvalue weighted by Crippen LogP contribution is 2.20. The number of aromatic nitrogens is 2. The van der Waals surface area contributed by atoms with Gasteiger partial charge in [0, 0.05) is 18.5 Å². The van der Waals surface area contributed by atoms with E-state index in [1.54, 1.807) is 24.6 Å². The highest BCUT2D eigenvalue weighted by atomic mass is 79.9. The predicted molar refractivity (Wildman–Crippen MR) is 73.6 cm³/mol. The van der Waals surface area contributed by atoms with Gasteiger partial charge in [-0.15, -0.1) is 11.3 Å². The van der Waals surface area contributed by atoms with Crippen LogP contribution in [0.2, 0.25) is 0 Å². The number of aryl methyl sites for hydroxylation is 2. The lowest BCUT2D eigenvalue weighted by Gasteiger charge is -2.08. The van der Waals surface area contributed by atoms with Gasteiger partial charge < -0.3 is 5.32 Å². The molecule has 6 heteroatoms. The molecule has 0 bridgehead atoms. The number of thiophene rings is 1. The van der Waals surface area contributed by atoms with Gasteiger partial charge in [-0.25, -0.2) is 4.68 Å². The van der Waals surface area contributed by atoms with Crippen molar-refractivity contribution in [1.82, 2.24) is 9.78 Å². The molecule has 0 aliphatic rings. The molecule has 0 unspecified atom stereocenters. The van der Waals surface area contributed by atoms with E-state index < -0.39 is 0 Å². The molecule has 0 saturated heterocycles. The fraction of sp³-hybridized carbons (Fsp3) is 0.273. The van der Waals surface area contributed by atoms with Crippen LogP contribution < -0.4 is 10.9 Å². The molecule has 0 radical (unpaired) electrons. The van der Waals surface area contributed by atoms with Crippen LogP contribution in [-0.4, -0.2) is 9.78 Å². The summed E-state index contributed by atoms with van der Waals surface area (Å²) in [7, 11) is 1.63.